The van der Waals surface area contributed by atoms with E-state index in [1.165, 1.54) is 0 Å². The van der Waals surface area contributed by atoms with E-state index in [0.29, 0.717) is 0 Å². The highest BCUT2D eigenvalue weighted by atomic mass is 79.9. The lowest BCUT2D eigenvalue weighted by atomic mass is 10.2. The molecule has 2 aromatic rings. The molecule has 0 atom stereocenters. The first kappa shape index (κ1) is 21.7. The van der Waals surface area contributed by atoms with Crippen LogP contribution in [0, 0.1) is 0 Å². The van der Waals surface area contributed by atoms with Crippen molar-refractivity contribution >= 4 is 53.2 Å². The van der Waals surface area contributed by atoms with Crippen LogP contribution in [0.15, 0.2) is 39.4 Å². The van der Waals surface area contributed by atoms with Crippen molar-refractivity contribution < 1.29 is 4.42 Å². The molecule has 2 heterocycles. The summed E-state index contributed by atoms with van der Waals surface area (Å²) in [7, 11) is 0. The minimum atomic E-state index is 0. The molecule has 0 aliphatic carbocycles. The Kier molecular flexibility index (Phi) is 10.3. The molecule has 1 aliphatic rings. The number of piperazine rings is 1. The van der Waals surface area contributed by atoms with Crippen molar-refractivity contribution in [3.8, 4) is 11.3 Å². The Labute approximate surface area is 157 Å². The second kappa shape index (κ2) is 10.5. The first-order valence-electron chi connectivity index (χ1n) is 6.45. The summed E-state index contributed by atoms with van der Waals surface area (Å²) in [6.07, 6.45) is 1.80. The van der Waals surface area contributed by atoms with Crippen LogP contribution in [0.25, 0.3) is 11.3 Å². The number of benzene rings is 1. The number of hydrogen-bond donors (Lipinski definition) is 1. The standard InChI is InChI=1S/C14H16BrN3O.3ClH/c15-12-3-1-2-11(8-12)13-9-17-14(19-13)10-18-6-4-16-5-7-18;;;/h1-3,8-9,16H,4-7,10H2;3*1H. The minimum Gasteiger partial charge on any atom is -0.439 e. The van der Waals surface area contributed by atoms with Crippen LogP contribution in [0.4, 0.5) is 0 Å². The largest absolute Gasteiger partial charge is 0.439 e. The van der Waals surface area contributed by atoms with Crippen molar-refractivity contribution in [2.45, 2.75) is 6.54 Å². The van der Waals surface area contributed by atoms with Crippen LogP contribution in [0.1, 0.15) is 5.89 Å². The number of halogens is 4. The van der Waals surface area contributed by atoms with E-state index in [0.717, 1.165) is 54.4 Å². The van der Waals surface area contributed by atoms with Crippen LogP contribution in [0.2, 0.25) is 0 Å². The summed E-state index contributed by atoms with van der Waals surface area (Å²) < 4.78 is 6.88. The molecule has 0 saturated carbocycles. The molecule has 1 aromatic heterocycles. The van der Waals surface area contributed by atoms with E-state index in [1.807, 2.05) is 24.3 Å². The molecule has 1 fully saturated rings. The number of oxazole rings is 1. The van der Waals surface area contributed by atoms with Crippen molar-refractivity contribution in [1.82, 2.24) is 15.2 Å². The molecule has 1 aliphatic heterocycles. The molecular weight excluding hydrogens is 412 g/mol. The molecule has 124 valence electrons. The molecule has 1 aromatic carbocycles. The molecule has 4 nitrogen and oxygen atoms in total. The van der Waals surface area contributed by atoms with Gasteiger partial charge >= 0.3 is 0 Å². The molecule has 1 N–H and O–H groups in total. The van der Waals surface area contributed by atoms with E-state index in [-0.39, 0.29) is 37.2 Å². The fourth-order valence-corrected chi connectivity index (χ4v) is 2.62. The number of aromatic nitrogens is 1. The van der Waals surface area contributed by atoms with Gasteiger partial charge in [0.2, 0.25) is 5.89 Å². The Morgan fingerprint density at radius 1 is 1.18 bits per heavy atom. The van der Waals surface area contributed by atoms with Gasteiger partial charge in [0.1, 0.15) is 0 Å². The van der Waals surface area contributed by atoms with Gasteiger partial charge in [0.15, 0.2) is 5.76 Å². The molecular formula is C14H19BrCl3N3O. The number of nitrogens with zero attached hydrogens (tertiary/aromatic N) is 2. The molecule has 0 radical (unpaired) electrons. The topological polar surface area (TPSA) is 41.3 Å². The van der Waals surface area contributed by atoms with Crippen LogP contribution >= 0.6 is 53.2 Å². The summed E-state index contributed by atoms with van der Waals surface area (Å²) in [5.41, 5.74) is 1.05. The zero-order chi connectivity index (χ0) is 13.1. The van der Waals surface area contributed by atoms with Crippen molar-refractivity contribution in [3.05, 3.63) is 40.8 Å². The van der Waals surface area contributed by atoms with E-state index >= 15 is 0 Å². The summed E-state index contributed by atoms with van der Waals surface area (Å²) in [4.78, 5) is 6.73. The van der Waals surface area contributed by atoms with E-state index in [9.17, 15) is 0 Å². The van der Waals surface area contributed by atoms with Crippen LogP contribution in [0.3, 0.4) is 0 Å². The normalized spacial score (nSPS) is 14.4. The Morgan fingerprint density at radius 2 is 1.91 bits per heavy atom. The van der Waals surface area contributed by atoms with Gasteiger partial charge in [-0.15, -0.1) is 37.2 Å². The van der Waals surface area contributed by atoms with Crippen molar-refractivity contribution in [1.29, 1.82) is 0 Å². The smallest absolute Gasteiger partial charge is 0.209 e. The van der Waals surface area contributed by atoms with E-state index < -0.39 is 0 Å². The van der Waals surface area contributed by atoms with Gasteiger partial charge in [-0.25, -0.2) is 4.98 Å². The maximum atomic E-state index is 5.83. The van der Waals surface area contributed by atoms with Crippen LogP contribution in [-0.4, -0.2) is 36.1 Å². The van der Waals surface area contributed by atoms with Gasteiger partial charge in [-0.3, -0.25) is 4.90 Å². The highest BCUT2D eigenvalue weighted by Gasteiger charge is 2.13. The van der Waals surface area contributed by atoms with E-state index in [1.54, 1.807) is 6.20 Å². The molecule has 22 heavy (non-hydrogen) atoms. The van der Waals surface area contributed by atoms with Crippen LogP contribution < -0.4 is 5.32 Å². The predicted molar refractivity (Wildman–Crippen MR) is 99.5 cm³/mol. The van der Waals surface area contributed by atoms with Crippen LogP contribution in [0.5, 0.6) is 0 Å². The SMILES string of the molecule is Brc1cccc(-c2cnc(CN3CCNCC3)o2)c1.Cl.Cl.Cl. The Balaban J connectivity index is 0.00000147. The summed E-state index contributed by atoms with van der Waals surface area (Å²) in [6.45, 7) is 4.97. The van der Waals surface area contributed by atoms with Crippen molar-refractivity contribution in [3.63, 3.8) is 0 Å². The molecule has 0 bridgehead atoms. The maximum Gasteiger partial charge on any atom is 0.209 e. The van der Waals surface area contributed by atoms with Gasteiger partial charge in [0.25, 0.3) is 0 Å². The molecule has 3 rings (SSSR count). The second-order valence-corrected chi connectivity index (χ2v) is 5.57. The molecule has 0 unspecified atom stereocenters. The second-order valence-electron chi connectivity index (χ2n) is 4.65. The lowest BCUT2D eigenvalue weighted by molar-refractivity contribution is 0.213. The molecule has 8 heteroatoms. The van der Waals surface area contributed by atoms with Gasteiger partial charge in [0.05, 0.1) is 12.7 Å². The number of nitrogens with one attached hydrogen (secondary N) is 1. The van der Waals surface area contributed by atoms with Gasteiger partial charge in [-0.05, 0) is 12.1 Å². The fraction of sp³-hybridized carbons (Fsp3) is 0.357. The van der Waals surface area contributed by atoms with Gasteiger partial charge in [0, 0.05) is 36.2 Å². The Hall–Kier alpha value is -0.300. The average molecular weight is 432 g/mol. The van der Waals surface area contributed by atoms with Gasteiger partial charge in [-0.1, -0.05) is 28.1 Å². The van der Waals surface area contributed by atoms with E-state index in [4.69, 9.17) is 4.42 Å². The lowest BCUT2D eigenvalue weighted by Crippen LogP contribution is -2.42. The third-order valence-corrected chi connectivity index (χ3v) is 3.72. The van der Waals surface area contributed by atoms with Crippen LogP contribution in [-0.2, 0) is 6.54 Å². The summed E-state index contributed by atoms with van der Waals surface area (Å²) in [6, 6.07) is 8.06. The molecule has 0 amide bonds. The zero-order valence-corrected chi connectivity index (χ0v) is 15.9. The zero-order valence-electron chi connectivity index (χ0n) is 11.8. The first-order chi connectivity index (χ1) is 9.31. The Morgan fingerprint density at radius 3 is 2.59 bits per heavy atom. The Bertz CT molecular complexity index is 562. The highest BCUT2D eigenvalue weighted by Crippen LogP contribution is 2.24. The van der Waals surface area contributed by atoms with E-state index in [2.05, 4.69) is 31.1 Å². The minimum absolute atomic E-state index is 0. The number of rotatable bonds is 3. The first-order valence-corrected chi connectivity index (χ1v) is 7.24. The monoisotopic (exact) mass is 429 g/mol. The molecule has 1 saturated heterocycles. The highest BCUT2D eigenvalue weighted by molar-refractivity contribution is 9.10. The summed E-state index contributed by atoms with van der Waals surface area (Å²) >= 11 is 3.47. The summed E-state index contributed by atoms with van der Waals surface area (Å²) in [5, 5.41) is 3.34. The molecule has 0 spiro atoms. The van der Waals surface area contributed by atoms with Gasteiger partial charge < -0.3 is 9.73 Å². The van der Waals surface area contributed by atoms with Crippen molar-refractivity contribution in [2.24, 2.45) is 0 Å². The lowest BCUT2D eigenvalue weighted by Gasteiger charge is -2.25. The third kappa shape index (κ3) is 5.72. The fourth-order valence-electron chi connectivity index (χ4n) is 2.22. The average Bonchev–Trinajstić information content (AvgIpc) is 2.88. The van der Waals surface area contributed by atoms with Gasteiger partial charge in [-0.2, -0.15) is 0 Å². The maximum absolute atomic E-state index is 5.83. The number of hydrogen-bond acceptors (Lipinski definition) is 4. The summed E-state index contributed by atoms with van der Waals surface area (Å²) in [5.74, 6) is 1.61. The third-order valence-electron chi connectivity index (χ3n) is 3.23. The predicted octanol–water partition coefficient (Wildman–Crippen LogP) is 3.77. The van der Waals surface area contributed by atoms with Crippen molar-refractivity contribution in [2.75, 3.05) is 26.2 Å². The quantitative estimate of drug-likeness (QED) is 0.803.